The highest BCUT2D eigenvalue weighted by atomic mass is 16.2. The second-order valence-electron chi connectivity index (χ2n) is 5.57. The monoisotopic (exact) mass is 292 g/mol. The van der Waals surface area contributed by atoms with Gasteiger partial charge in [0, 0.05) is 37.0 Å². The maximum Gasteiger partial charge on any atom is 0.270 e. The molecule has 3 heteroatoms. The van der Waals surface area contributed by atoms with E-state index in [1.54, 1.807) is 0 Å². The second kappa shape index (κ2) is 6.53. The Hall–Kier alpha value is -2.47. The van der Waals surface area contributed by atoms with E-state index in [4.69, 9.17) is 0 Å². The average molecular weight is 292 g/mol. The summed E-state index contributed by atoms with van der Waals surface area (Å²) < 4.78 is 2.03. The second-order valence-corrected chi connectivity index (χ2v) is 5.57. The van der Waals surface area contributed by atoms with Crippen molar-refractivity contribution in [1.82, 2.24) is 9.47 Å². The first-order valence-corrected chi connectivity index (χ1v) is 7.84. The molecule has 1 aliphatic heterocycles. The highest BCUT2D eigenvalue weighted by molar-refractivity contribution is 5.94. The lowest BCUT2D eigenvalue weighted by Crippen LogP contribution is -2.40. The van der Waals surface area contributed by atoms with Crippen molar-refractivity contribution < 1.29 is 4.79 Å². The zero-order valence-electron chi connectivity index (χ0n) is 12.9. The minimum atomic E-state index is 0.132. The van der Waals surface area contributed by atoms with Crippen LogP contribution in [0.25, 0.3) is 0 Å². The van der Waals surface area contributed by atoms with E-state index in [0.29, 0.717) is 0 Å². The van der Waals surface area contributed by atoms with Crippen LogP contribution >= 0.6 is 0 Å². The highest BCUT2D eigenvalue weighted by Crippen LogP contribution is 2.16. The van der Waals surface area contributed by atoms with Gasteiger partial charge in [0.15, 0.2) is 0 Å². The molecule has 0 fully saturated rings. The lowest BCUT2D eigenvalue weighted by molar-refractivity contribution is 0.0702. The van der Waals surface area contributed by atoms with E-state index in [-0.39, 0.29) is 5.91 Å². The van der Waals surface area contributed by atoms with E-state index in [1.807, 2.05) is 52.1 Å². The SMILES string of the molecule is CCCCN1CCn2cc(C#Cc3ccccc3)cc2C1=O. The predicted molar refractivity (Wildman–Crippen MR) is 87.7 cm³/mol. The molecule has 112 valence electrons. The average Bonchev–Trinajstić information content (AvgIpc) is 2.97. The summed E-state index contributed by atoms with van der Waals surface area (Å²) >= 11 is 0. The van der Waals surface area contributed by atoms with Gasteiger partial charge in [-0.25, -0.2) is 0 Å². The fraction of sp³-hybridized carbons (Fsp3) is 0.316. The van der Waals surface area contributed by atoms with E-state index in [2.05, 4.69) is 18.8 Å². The molecule has 1 amide bonds. The van der Waals surface area contributed by atoms with Crippen molar-refractivity contribution in [1.29, 1.82) is 0 Å². The summed E-state index contributed by atoms with van der Waals surface area (Å²) in [4.78, 5) is 14.4. The third-order valence-electron chi connectivity index (χ3n) is 3.92. The van der Waals surface area contributed by atoms with Gasteiger partial charge in [0.2, 0.25) is 0 Å². The number of aromatic nitrogens is 1. The molecular formula is C19H20N2O. The molecule has 2 heterocycles. The van der Waals surface area contributed by atoms with Crippen LogP contribution in [0.4, 0.5) is 0 Å². The predicted octanol–water partition coefficient (Wildman–Crippen LogP) is 3.14. The van der Waals surface area contributed by atoms with Gasteiger partial charge in [0.05, 0.1) is 0 Å². The van der Waals surface area contributed by atoms with Gasteiger partial charge in [0.25, 0.3) is 5.91 Å². The van der Waals surface area contributed by atoms with Crippen LogP contribution in [0.1, 0.15) is 41.4 Å². The molecule has 1 aliphatic rings. The van der Waals surface area contributed by atoms with Gasteiger partial charge in [-0.3, -0.25) is 4.79 Å². The van der Waals surface area contributed by atoms with Crippen molar-refractivity contribution in [2.75, 3.05) is 13.1 Å². The fourth-order valence-electron chi connectivity index (χ4n) is 2.66. The van der Waals surface area contributed by atoms with Gasteiger partial charge < -0.3 is 9.47 Å². The Labute approximate surface area is 131 Å². The lowest BCUT2D eigenvalue weighted by Gasteiger charge is -2.28. The van der Waals surface area contributed by atoms with Crippen LogP contribution in [-0.2, 0) is 6.54 Å². The fourth-order valence-corrected chi connectivity index (χ4v) is 2.66. The number of carbonyl (C=O) groups excluding carboxylic acids is 1. The summed E-state index contributed by atoms with van der Waals surface area (Å²) in [5.41, 5.74) is 2.66. The number of hydrogen-bond acceptors (Lipinski definition) is 1. The topological polar surface area (TPSA) is 25.2 Å². The molecule has 0 aliphatic carbocycles. The normalized spacial score (nSPS) is 13.5. The van der Waals surface area contributed by atoms with Gasteiger partial charge in [-0.1, -0.05) is 43.4 Å². The molecule has 0 saturated carbocycles. The van der Waals surface area contributed by atoms with Crippen molar-refractivity contribution in [3.05, 3.63) is 59.4 Å². The largest absolute Gasteiger partial charge is 0.340 e. The molecule has 22 heavy (non-hydrogen) atoms. The number of nitrogens with zero attached hydrogens (tertiary/aromatic N) is 2. The van der Waals surface area contributed by atoms with E-state index < -0.39 is 0 Å². The summed E-state index contributed by atoms with van der Waals surface area (Å²) in [7, 11) is 0. The quantitative estimate of drug-likeness (QED) is 0.798. The molecule has 0 saturated heterocycles. The van der Waals surface area contributed by atoms with Crippen LogP contribution in [0.3, 0.4) is 0 Å². The first-order chi connectivity index (χ1) is 10.8. The van der Waals surface area contributed by atoms with E-state index >= 15 is 0 Å². The molecular weight excluding hydrogens is 272 g/mol. The van der Waals surface area contributed by atoms with Gasteiger partial charge in [-0.2, -0.15) is 0 Å². The van der Waals surface area contributed by atoms with Crippen molar-refractivity contribution >= 4 is 5.91 Å². The minimum absolute atomic E-state index is 0.132. The molecule has 2 aromatic rings. The molecule has 0 radical (unpaired) electrons. The van der Waals surface area contributed by atoms with Crippen LogP contribution in [0.2, 0.25) is 0 Å². The van der Waals surface area contributed by atoms with Gasteiger partial charge in [0.1, 0.15) is 5.69 Å². The smallest absolute Gasteiger partial charge is 0.270 e. The van der Waals surface area contributed by atoms with E-state index in [1.165, 1.54) is 0 Å². The van der Waals surface area contributed by atoms with Crippen LogP contribution in [0.5, 0.6) is 0 Å². The number of hydrogen-bond donors (Lipinski definition) is 0. The Balaban J connectivity index is 1.79. The first kappa shape index (κ1) is 14.5. The number of unbranched alkanes of at least 4 members (excludes halogenated alkanes) is 1. The molecule has 0 bridgehead atoms. The van der Waals surface area contributed by atoms with Crippen LogP contribution in [0, 0.1) is 11.8 Å². The first-order valence-electron chi connectivity index (χ1n) is 7.84. The van der Waals surface area contributed by atoms with E-state index in [9.17, 15) is 4.79 Å². The molecule has 0 spiro atoms. The van der Waals surface area contributed by atoms with Crippen molar-refractivity contribution in [2.45, 2.75) is 26.3 Å². The number of fused-ring (bicyclic) bond motifs is 1. The maximum atomic E-state index is 12.5. The van der Waals surface area contributed by atoms with Crippen molar-refractivity contribution in [3.8, 4) is 11.8 Å². The summed E-state index contributed by atoms with van der Waals surface area (Å²) in [6.07, 6.45) is 4.16. The summed E-state index contributed by atoms with van der Waals surface area (Å²) in [5, 5.41) is 0. The molecule has 0 atom stereocenters. The Morgan fingerprint density at radius 1 is 1.09 bits per heavy atom. The van der Waals surface area contributed by atoms with Gasteiger partial charge >= 0.3 is 0 Å². The Morgan fingerprint density at radius 3 is 2.64 bits per heavy atom. The molecule has 3 rings (SSSR count). The van der Waals surface area contributed by atoms with Gasteiger partial charge in [-0.15, -0.1) is 0 Å². The molecule has 0 unspecified atom stereocenters. The molecule has 0 N–H and O–H groups in total. The third kappa shape index (κ3) is 3.07. The third-order valence-corrected chi connectivity index (χ3v) is 3.92. The number of carbonyl (C=O) groups is 1. The molecule has 3 nitrogen and oxygen atoms in total. The Bertz CT molecular complexity index is 719. The summed E-state index contributed by atoms with van der Waals surface area (Å²) in [6, 6.07) is 11.8. The maximum absolute atomic E-state index is 12.5. The summed E-state index contributed by atoms with van der Waals surface area (Å²) in [5.74, 6) is 6.43. The molecule has 1 aromatic heterocycles. The van der Waals surface area contributed by atoms with Crippen molar-refractivity contribution in [2.24, 2.45) is 0 Å². The number of amides is 1. The standard InChI is InChI=1S/C19H20N2O/c1-2-3-11-20-12-13-21-15-17(14-18(21)19(20)22)10-9-16-7-5-4-6-8-16/h4-8,14-15H,2-3,11-13H2,1H3. The van der Waals surface area contributed by atoms with Crippen molar-refractivity contribution in [3.63, 3.8) is 0 Å². The van der Waals surface area contributed by atoms with Crippen LogP contribution in [0.15, 0.2) is 42.6 Å². The lowest BCUT2D eigenvalue weighted by atomic mass is 10.2. The van der Waals surface area contributed by atoms with Gasteiger partial charge in [-0.05, 0) is 24.6 Å². The summed E-state index contributed by atoms with van der Waals surface area (Å²) in [6.45, 7) is 4.66. The Kier molecular flexibility index (Phi) is 4.29. The minimum Gasteiger partial charge on any atom is -0.340 e. The zero-order valence-corrected chi connectivity index (χ0v) is 12.9. The van der Waals surface area contributed by atoms with Crippen LogP contribution in [-0.4, -0.2) is 28.5 Å². The highest BCUT2D eigenvalue weighted by Gasteiger charge is 2.24. The van der Waals surface area contributed by atoms with Crippen LogP contribution < -0.4 is 0 Å². The molecule has 1 aromatic carbocycles. The zero-order chi connectivity index (χ0) is 15.4. The number of rotatable bonds is 3. The van der Waals surface area contributed by atoms with E-state index in [0.717, 1.165) is 49.3 Å². The number of benzene rings is 1. The Morgan fingerprint density at radius 2 is 1.86 bits per heavy atom.